The molecule has 4 fully saturated rings. The number of likely N-dealkylation sites (tertiary alicyclic amines) is 1. The van der Waals surface area contributed by atoms with Gasteiger partial charge in [0.05, 0.1) is 12.6 Å². The number of fused-ring (bicyclic) bond motifs is 1. The molecule has 0 radical (unpaired) electrons. The van der Waals surface area contributed by atoms with Crippen LogP contribution in [0.25, 0.3) is 0 Å². The van der Waals surface area contributed by atoms with Crippen molar-refractivity contribution >= 4 is 5.91 Å². The van der Waals surface area contributed by atoms with Crippen molar-refractivity contribution in [3.63, 3.8) is 0 Å². The standard InChI is InChI=1S/C20H31N3O/c21-13-18-9-4-10-23(18)19(24)14-22-20(17-7-1-2-8-17)11-15-5-3-6-16(15)12-20/h15-18,22H,1-12,14H2. The van der Waals surface area contributed by atoms with Crippen molar-refractivity contribution in [2.24, 2.45) is 17.8 Å². The summed E-state index contributed by atoms with van der Waals surface area (Å²) in [5.41, 5.74) is 0.212. The predicted octanol–water partition coefficient (Wildman–Crippen LogP) is 3.23. The van der Waals surface area contributed by atoms with E-state index in [9.17, 15) is 10.1 Å². The molecule has 0 spiro atoms. The molecule has 3 unspecified atom stereocenters. The average Bonchev–Trinajstić information content (AvgIpc) is 3.35. The lowest BCUT2D eigenvalue weighted by molar-refractivity contribution is -0.130. The number of nitrogens with zero attached hydrogens (tertiary/aromatic N) is 2. The van der Waals surface area contributed by atoms with Crippen LogP contribution in [0.4, 0.5) is 0 Å². The normalized spacial score (nSPS) is 39.3. The van der Waals surface area contributed by atoms with Crippen molar-refractivity contribution in [3.05, 3.63) is 0 Å². The van der Waals surface area contributed by atoms with E-state index in [4.69, 9.17) is 0 Å². The van der Waals surface area contributed by atoms with E-state index in [1.54, 1.807) is 0 Å². The van der Waals surface area contributed by atoms with Crippen molar-refractivity contribution in [1.29, 1.82) is 5.26 Å². The molecule has 3 atom stereocenters. The average molecular weight is 329 g/mol. The number of carbonyl (C=O) groups excluding carboxylic acids is 1. The van der Waals surface area contributed by atoms with E-state index >= 15 is 0 Å². The van der Waals surface area contributed by atoms with Gasteiger partial charge in [0.25, 0.3) is 0 Å². The van der Waals surface area contributed by atoms with Gasteiger partial charge in [-0.2, -0.15) is 5.26 Å². The molecule has 0 aromatic carbocycles. The minimum atomic E-state index is -0.190. The van der Waals surface area contributed by atoms with Crippen molar-refractivity contribution < 1.29 is 4.79 Å². The topological polar surface area (TPSA) is 56.1 Å². The SMILES string of the molecule is N#CC1CCCN1C(=O)CNC1(C2CCCC2)CC2CCCC2C1. The van der Waals surface area contributed by atoms with Crippen LogP contribution < -0.4 is 5.32 Å². The minimum Gasteiger partial charge on any atom is -0.326 e. The van der Waals surface area contributed by atoms with Crippen molar-refractivity contribution in [3.8, 4) is 6.07 Å². The van der Waals surface area contributed by atoms with Crippen molar-refractivity contribution in [2.45, 2.75) is 82.2 Å². The molecule has 1 heterocycles. The molecular formula is C20H31N3O. The van der Waals surface area contributed by atoms with E-state index in [2.05, 4.69) is 11.4 Å². The van der Waals surface area contributed by atoms with E-state index in [1.165, 1.54) is 57.8 Å². The Labute approximate surface area is 146 Å². The van der Waals surface area contributed by atoms with E-state index < -0.39 is 0 Å². The molecule has 3 saturated carbocycles. The number of nitriles is 1. The molecule has 1 N–H and O–H groups in total. The highest BCUT2D eigenvalue weighted by Crippen LogP contribution is 2.54. The van der Waals surface area contributed by atoms with Crippen LogP contribution in [0.5, 0.6) is 0 Å². The Bertz CT molecular complexity index is 507. The molecule has 1 saturated heterocycles. The number of hydrogen-bond donors (Lipinski definition) is 1. The zero-order valence-electron chi connectivity index (χ0n) is 14.8. The number of hydrogen-bond acceptors (Lipinski definition) is 3. The van der Waals surface area contributed by atoms with Crippen LogP contribution in [-0.4, -0.2) is 35.5 Å². The van der Waals surface area contributed by atoms with Crippen LogP contribution >= 0.6 is 0 Å². The summed E-state index contributed by atoms with van der Waals surface area (Å²) >= 11 is 0. The highest BCUT2D eigenvalue weighted by molar-refractivity contribution is 5.79. The predicted molar refractivity (Wildman–Crippen MR) is 93.1 cm³/mol. The van der Waals surface area contributed by atoms with Crippen molar-refractivity contribution in [2.75, 3.05) is 13.1 Å². The van der Waals surface area contributed by atoms with Crippen LogP contribution in [0.3, 0.4) is 0 Å². The Morgan fingerprint density at radius 1 is 1.04 bits per heavy atom. The molecule has 132 valence electrons. The summed E-state index contributed by atoms with van der Waals surface area (Å²) in [5, 5.41) is 13.0. The molecule has 4 aliphatic rings. The second kappa shape index (κ2) is 6.67. The maximum atomic E-state index is 12.7. The molecule has 1 aliphatic heterocycles. The third kappa shape index (κ3) is 2.86. The third-order valence-corrected chi connectivity index (χ3v) is 7.52. The second-order valence-electron chi connectivity index (χ2n) is 8.72. The van der Waals surface area contributed by atoms with E-state index in [0.717, 1.165) is 37.1 Å². The van der Waals surface area contributed by atoms with E-state index in [1.807, 2.05) is 4.90 Å². The Balaban J connectivity index is 1.43. The molecule has 0 aromatic rings. The summed E-state index contributed by atoms with van der Waals surface area (Å²) in [6.45, 7) is 1.20. The van der Waals surface area contributed by atoms with Crippen LogP contribution in [-0.2, 0) is 4.79 Å². The van der Waals surface area contributed by atoms with Gasteiger partial charge in [0.15, 0.2) is 0 Å². The summed E-state index contributed by atoms with van der Waals surface area (Å²) in [6, 6.07) is 2.11. The molecule has 24 heavy (non-hydrogen) atoms. The Morgan fingerprint density at radius 3 is 2.42 bits per heavy atom. The van der Waals surface area contributed by atoms with Crippen LogP contribution in [0.15, 0.2) is 0 Å². The molecule has 0 aromatic heterocycles. The second-order valence-corrected chi connectivity index (χ2v) is 8.72. The first kappa shape index (κ1) is 16.4. The molecule has 1 amide bonds. The molecule has 4 nitrogen and oxygen atoms in total. The van der Waals surface area contributed by atoms with Gasteiger partial charge in [-0.25, -0.2) is 0 Å². The van der Waals surface area contributed by atoms with E-state index in [0.29, 0.717) is 6.54 Å². The monoisotopic (exact) mass is 329 g/mol. The third-order valence-electron chi connectivity index (χ3n) is 7.52. The largest absolute Gasteiger partial charge is 0.326 e. The number of carbonyl (C=O) groups is 1. The van der Waals surface area contributed by atoms with Gasteiger partial charge in [0.1, 0.15) is 6.04 Å². The zero-order chi connectivity index (χ0) is 16.6. The van der Waals surface area contributed by atoms with Gasteiger partial charge < -0.3 is 10.2 Å². The zero-order valence-corrected chi connectivity index (χ0v) is 14.8. The molecular weight excluding hydrogens is 298 g/mol. The summed E-state index contributed by atoms with van der Waals surface area (Å²) < 4.78 is 0. The first-order chi connectivity index (χ1) is 11.7. The highest BCUT2D eigenvalue weighted by atomic mass is 16.2. The van der Waals surface area contributed by atoms with Gasteiger partial charge in [-0.3, -0.25) is 4.79 Å². The van der Waals surface area contributed by atoms with Crippen LogP contribution in [0.1, 0.15) is 70.6 Å². The summed E-state index contributed by atoms with van der Waals surface area (Å²) in [5.74, 6) is 2.70. The fraction of sp³-hybridized carbons (Fsp3) is 0.900. The number of rotatable bonds is 4. The molecule has 3 aliphatic carbocycles. The Hall–Kier alpha value is -1.08. The van der Waals surface area contributed by atoms with Crippen molar-refractivity contribution in [1.82, 2.24) is 10.2 Å². The van der Waals surface area contributed by atoms with Gasteiger partial charge in [-0.1, -0.05) is 32.1 Å². The maximum Gasteiger partial charge on any atom is 0.237 e. The van der Waals surface area contributed by atoms with Crippen LogP contribution in [0, 0.1) is 29.1 Å². The minimum absolute atomic E-state index is 0.147. The number of amides is 1. The maximum absolute atomic E-state index is 12.7. The molecule has 4 heteroatoms. The first-order valence-corrected chi connectivity index (χ1v) is 10.2. The quantitative estimate of drug-likeness (QED) is 0.861. The smallest absolute Gasteiger partial charge is 0.237 e. The van der Waals surface area contributed by atoms with Gasteiger partial charge >= 0.3 is 0 Å². The fourth-order valence-electron chi connectivity index (χ4n) is 6.32. The van der Waals surface area contributed by atoms with Gasteiger partial charge in [0, 0.05) is 12.1 Å². The summed E-state index contributed by atoms with van der Waals surface area (Å²) in [4.78, 5) is 14.5. The molecule has 0 bridgehead atoms. The fourth-order valence-corrected chi connectivity index (χ4v) is 6.32. The Morgan fingerprint density at radius 2 is 1.75 bits per heavy atom. The lowest BCUT2D eigenvalue weighted by atomic mass is 9.79. The molecule has 4 rings (SSSR count). The van der Waals surface area contributed by atoms with E-state index in [-0.39, 0.29) is 17.5 Å². The summed E-state index contributed by atoms with van der Waals surface area (Å²) in [7, 11) is 0. The number of nitrogens with one attached hydrogen (secondary N) is 1. The highest BCUT2D eigenvalue weighted by Gasteiger charge is 2.51. The van der Waals surface area contributed by atoms with Gasteiger partial charge in [-0.05, 0) is 56.3 Å². The van der Waals surface area contributed by atoms with Gasteiger partial charge in [0.2, 0.25) is 5.91 Å². The lowest BCUT2D eigenvalue weighted by Crippen LogP contribution is -2.53. The lowest BCUT2D eigenvalue weighted by Gasteiger charge is -2.38. The first-order valence-electron chi connectivity index (χ1n) is 10.2. The summed E-state index contributed by atoms with van der Waals surface area (Å²) in [6.07, 6.45) is 14.0. The van der Waals surface area contributed by atoms with Gasteiger partial charge in [-0.15, -0.1) is 0 Å². The van der Waals surface area contributed by atoms with Crippen LogP contribution in [0.2, 0.25) is 0 Å². The Kier molecular flexibility index (Phi) is 4.56.